The van der Waals surface area contributed by atoms with Crippen LogP contribution in [0.15, 0.2) is 23.2 Å². The molecule has 7 heteroatoms. The van der Waals surface area contributed by atoms with Gasteiger partial charge < -0.3 is 24.8 Å². The zero-order valence-electron chi connectivity index (χ0n) is 17.1. The average Bonchev–Trinajstić information content (AvgIpc) is 3.15. The second kappa shape index (κ2) is 11.7. The minimum Gasteiger partial charge on any atom is -0.491 e. The molecule has 0 spiro atoms. The van der Waals surface area contributed by atoms with Crippen LogP contribution in [0.4, 0.5) is 0 Å². The predicted octanol–water partition coefficient (Wildman–Crippen LogP) is 3.26. The molecule has 0 aliphatic carbocycles. The molecular formula is C20H34IN3O3. The zero-order chi connectivity index (χ0) is 19.0. The molecule has 1 aliphatic rings. The van der Waals surface area contributed by atoms with E-state index in [0.717, 1.165) is 36.7 Å². The average molecular weight is 491 g/mol. The van der Waals surface area contributed by atoms with Gasteiger partial charge in [-0.05, 0) is 45.2 Å². The molecule has 0 bridgehead atoms. The van der Waals surface area contributed by atoms with Crippen molar-refractivity contribution in [2.24, 2.45) is 4.99 Å². The smallest absolute Gasteiger partial charge is 0.191 e. The van der Waals surface area contributed by atoms with Crippen molar-refractivity contribution in [1.82, 2.24) is 10.6 Å². The summed E-state index contributed by atoms with van der Waals surface area (Å²) < 4.78 is 17.1. The van der Waals surface area contributed by atoms with Gasteiger partial charge in [-0.15, -0.1) is 24.0 Å². The number of hydrogen-bond donors (Lipinski definition) is 2. The Morgan fingerprint density at radius 1 is 1.33 bits per heavy atom. The van der Waals surface area contributed by atoms with Crippen molar-refractivity contribution in [2.45, 2.75) is 51.9 Å². The number of benzene rings is 1. The van der Waals surface area contributed by atoms with Crippen molar-refractivity contribution in [3.63, 3.8) is 0 Å². The van der Waals surface area contributed by atoms with Gasteiger partial charge in [-0.3, -0.25) is 4.99 Å². The molecule has 1 saturated heterocycles. The lowest BCUT2D eigenvalue weighted by Crippen LogP contribution is -2.45. The summed E-state index contributed by atoms with van der Waals surface area (Å²) in [5.74, 6) is 1.64. The number of aliphatic imine (C=N–C) groups is 1. The van der Waals surface area contributed by atoms with Crippen molar-refractivity contribution < 1.29 is 14.2 Å². The summed E-state index contributed by atoms with van der Waals surface area (Å²) in [4.78, 5) is 4.27. The second-order valence-electron chi connectivity index (χ2n) is 7.30. The number of ether oxygens (including phenoxy) is 3. The zero-order valence-corrected chi connectivity index (χ0v) is 19.5. The van der Waals surface area contributed by atoms with E-state index in [0.29, 0.717) is 19.7 Å². The van der Waals surface area contributed by atoms with Crippen molar-refractivity contribution in [3.05, 3.63) is 29.3 Å². The molecular weight excluding hydrogens is 457 g/mol. The first-order valence-corrected chi connectivity index (χ1v) is 9.27. The quantitative estimate of drug-likeness (QED) is 0.332. The number of nitrogens with one attached hydrogen (secondary N) is 2. The van der Waals surface area contributed by atoms with Gasteiger partial charge in [-0.2, -0.15) is 0 Å². The van der Waals surface area contributed by atoms with E-state index in [9.17, 15) is 0 Å². The number of methoxy groups -OCH3 is 1. The van der Waals surface area contributed by atoms with E-state index in [1.165, 1.54) is 5.56 Å². The van der Waals surface area contributed by atoms with Gasteiger partial charge in [-0.25, -0.2) is 0 Å². The Balaban J connectivity index is 0.00000364. The lowest BCUT2D eigenvalue weighted by molar-refractivity contribution is 0.0268. The Morgan fingerprint density at radius 2 is 2.11 bits per heavy atom. The molecule has 1 unspecified atom stereocenters. The summed E-state index contributed by atoms with van der Waals surface area (Å²) >= 11 is 0. The van der Waals surface area contributed by atoms with Crippen LogP contribution in [0, 0.1) is 6.92 Å². The standard InChI is InChI=1S/C20H33N3O3.HI/c1-15-8-9-16(18(11-15)26-13-17-7-6-10-25-17)12-22-19(21-4)23-14-20(2,3)24-5;/h8-9,11,17H,6-7,10,12-14H2,1-5H3,(H2,21,22,23);1H. The third-order valence-electron chi connectivity index (χ3n) is 4.58. The largest absolute Gasteiger partial charge is 0.491 e. The van der Waals surface area contributed by atoms with E-state index >= 15 is 0 Å². The molecule has 0 radical (unpaired) electrons. The molecule has 1 aromatic carbocycles. The fourth-order valence-electron chi connectivity index (χ4n) is 2.67. The van der Waals surface area contributed by atoms with Crippen LogP contribution >= 0.6 is 24.0 Å². The van der Waals surface area contributed by atoms with Gasteiger partial charge in [-0.1, -0.05) is 12.1 Å². The van der Waals surface area contributed by atoms with Gasteiger partial charge in [0.2, 0.25) is 0 Å². The monoisotopic (exact) mass is 491 g/mol. The van der Waals surface area contributed by atoms with Crippen LogP contribution in [-0.4, -0.2) is 51.6 Å². The fourth-order valence-corrected chi connectivity index (χ4v) is 2.67. The second-order valence-corrected chi connectivity index (χ2v) is 7.30. The third-order valence-corrected chi connectivity index (χ3v) is 4.58. The van der Waals surface area contributed by atoms with Gasteiger partial charge in [0, 0.05) is 39.4 Å². The van der Waals surface area contributed by atoms with E-state index in [4.69, 9.17) is 14.2 Å². The number of hydrogen-bond acceptors (Lipinski definition) is 4. The number of guanidine groups is 1. The van der Waals surface area contributed by atoms with Gasteiger partial charge in [0.15, 0.2) is 5.96 Å². The summed E-state index contributed by atoms with van der Waals surface area (Å²) in [6.45, 7) is 8.88. The van der Waals surface area contributed by atoms with Crippen LogP contribution < -0.4 is 15.4 Å². The SMILES string of the molecule is CN=C(NCc1ccc(C)cc1OCC1CCCO1)NCC(C)(C)OC.I. The van der Waals surface area contributed by atoms with Crippen molar-refractivity contribution >= 4 is 29.9 Å². The molecule has 1 atom stereocenters. The molecule has 1 fully saturated rings. The summed E-state index contributed by atoms with van der Waals surface area (Å²) in [7, 11) is 3.47. The van der Waals surface area contributed by atoms with E-state index in [2.05, 4.69) is 40.7 Å². The predicted molar refractivity (Wildman–Crippen MR) is 120 cm³/mol. The van der Waals surface area contributed by atoms with Crippen LogP contribution in [0.5, 0.6) is 5.75 Å². The highest BCUT2D eigenvalue weighted by atomic mass is 127. The Hall–Kier alpha value is -1.06. The van der Waals surface area contributed by atoms with E-state index in [1.54, 1.807) is 14.2 Å². The van der Waals surface area contributed by atoms with Gasteiger partial charge in [0.05, 0.1) is 11.7 Å². The first kappa shape index (κ1) is 24.0. The Labute approximate surface area is 180 Å². The topological polar surface area (TPSA) is 64.1 Å². The maximum atomic E-state index is 6.05. The molecule has 2 rings (SSSR count). The number of rotatable bonds is 8. The van der Waals surface area contributed by atoms with Crippen LogP contribution in [0.25, 0.3) is 0 Å². The summed E-state index contributed by atoms with van der Waals surface area (Å²) in [6, 6.07) is 6.27. The lowest BCUT2D eigenvalue weighted by atomic mass is 10.1. The highest BCUT2D eigenvalue weighted by Crippen LogP contribution is 2.22. The summed E-state index contributed by atoms with van der Waals surface area (Å²) in [5.41, 5.74) is 2.03. The van der Waals surface area contributed by atoms with Crippen LogP contribution in [-0.2, 0) is 16.0 Å². The molecule has 0 aromatic heterocycles. The van der Waals surface area contributed by atoms with Gasteiger partial charge in [0.25, 0.3) is 0 Å². The maximum Gasteiger partial charge on any atom is 0.191 e. The molecule has 2 N–H and O–H groups in total. The minimum absolute atomic E-state index is 0. The normalized spacial score (nSPS) is 17.4. The van der Waals surface area contributed by atoms with E-state index in [1.807, 2.05) is 13.8 Å². The third kappa shape index (κ3) is 8.23. The molecule has 1 aromatic rings. The molecule has 6 nitrogen and oxygen atoms in total. The lowest BCUT2D eigenvalue weighted by Gasteiger charge is -2.24. The molecule has 27 heavy (non-hydrogen) atoms. The van der Waals surface area contributed by atoms with Crippen LogP contribution in [0.1, 0.15) is 37.8 Å². The highest BCUT2D eigenvalue weighted by Gasteiger charge is 2.18. The van der Waals surface area contributed by atoms with Crippen molar-refractivity contribution in [3.8, 4) is 5.75 Å². The molecule has 1 heterocycles. The summed E-state index contributed by atoms with van der Waals surface area (Å²) in [5, 5.41) is 6.63. The first-order valence-electron chi connectivity index (χ1n) is 9.27. The summed E-state index contributed by atoms with van der Waals surface area (Å²) in [6.07, 6.45) is 2.41. The van der Waals surface area contributed by atoms with Crippen molar-refractivity contribution in [2.75, 3.05) is 33.9 Å². The molecule has 0 saturated carbocycles. The van der Waals surface area contributed by atoms with Crippen LogP contribution in [0.2, 0.25) is 0 Å². The Bertz CT molecular complexity index is 602. The first-order chi connectivity index (χ1) is 12.4. The molecule has 1 aliphatic heterocycles. The highest BCUT2D eigenvalue weighted by molar-refractivity contribution is 14.0. The minimum atomic E-state index is -0.253. The molecule has 0 amide bonds. The maximum absolute atomic E-state index is 6.05. The fraction of sp³-hybridized carbons (Fsp3) is 0.650. The Kier molecular flexibility index (Phi) is 10.4. The van der Waals surface area contributed by atoms with Gasteiger partial charge in [0.1, 0.15) is 12.4 Å². The molecule has 154 valence electrons. The number of nitrogens with zero attached hydrogens (tertiary/aromatic N) is 1. The van der Waals surface area contributed by atoms with Crippen LogP contribution in [0.3, 0.4) is 0 Å². The number of aryl methyl sites for hydroxylation is 1. The number of halogens is 1. The van der Waals surface area contributed by atoms with Crippen molar-refractivity contribution in [1.29, 1.82) is 0 Å². The van der Waals surface area contributed by atoms with E-state index < -0.39 is 0 Å². The van der Waals surface area contributed by atoms with Gasteiger partial charge >= 0.3 is 0 Å². The Morgan fingerprint density at radius 3 is 2.74 bits per heavy atom. The van der Waals surface area contributed by atoms with E-state index in [-0.39, 0.29) is 35.7 Å².